The lowest BCUT2D eigenvalue weighted by molar-refractivity contribution is 0.293. The Labute approximate surface area is 158 Å². The fourth-order valence-corrected chi connectivity index (χ4v) is 4.65. The molecule has 4 heteroatoms. The van der Waals surface area contributed by atoms with Gasteiger partial charge in [-0.1, -0.05) is 40.6 Å². The molecular formula is C21H24O2S2. The number of benzene rings is 2. The molecule has 0 amide bonds. The molecule has 0 spiro atoms. The highest BCUT2D eigenvalue weighted by molar-refractivity contribution is 8.76. The predicted molar refractivity (Wildman–Crippen MR) is 106 cm³/mol. The van der Waals surface area contributed by atoms with Gasteiger partial charge in [-0.3, -0.25) is 0 Å². The topological polar surface area (TPSA) is 18.5 Å². The molecule has 2 nitrogen and oxygen atoms in total. The van der Waals surface area contributed by atoms with E-state index in [0.29, 0.717) is 0 Å². The van der Waals surface area contributed by atoms with Crippen molar-refractivity contribution in [3.8, 4) is 11.5 Å². The molecule has 0 N–H and O–H groups in total. The predicted octanol–water partition coefficient (Wildman–Crippen LogP) is 6.31. The van der Waals surface area contributed by atoms with Crippen LogP contribution in [0.5, 0.6) is 11.5 Å². The third-order valence-corrected chi connectivity index (χ3v) is 7.15. The van der Waals surface area contributed by atoms with E-state index < -0.39 is 0 Å². The SMILES string of the molecule is C[C@@H]1CC1COc1cccc(SSc2cccc(OCC3CC3)c2)c1. The van der Waals surface area contributed by atoms with Gasteiger partial charge < -0.3 is 9.47 Å². The first-order chi connectivity index (χ1) is 12.3. The van der Waals surface area contributed by atoms with Gasteiger partial charge in [-0.25, -0.2) is 0 Å². The Balaban J connectivity index is 1.29. The highest BCUT2D eigenvalue weighted by Gasteiger charge is 2.32. The van der Waals surface area contributed by atoms with Crippen LogP contribution in [0.4, 0.5) is 0 Å². The molecule has 0 aromatic heterocycles. The summed E-state index contributed by atoms with van der Waals surface area (Å²) in [5.74, 6) is 4.33. The molecule has 2 aliphatic carbocycles. The fraction of sp³-hybridized carbons (Fsp3) is 0.429. The second-order valence-corrected chi connectivity index (χ2v) is 9.43. The monoisotopic (exact) mass is 372 g/mol. The minimum absolute atomic E-state index is 0.754. The third-order valence-electron chi connectivity index (χ3n) is 4.77. The van der Waals surface area contributed by atoms with Crippen LogP contribution in [-0.2, 0) is 0 Å². The van der Waals surface area contributed by atoms with E-state index in [0.717, 1.165) is 42.5 Å². The van der Waals surface area contributed by atoms with Crippen LogP contribution in [0.1, 0.15) is 26.2 Å². The van der Waals surface area contributed by atoms with E-state index in [4.69, 9.17) is 9.47 Å². The minimum atomic E-state index is 0.754. The molecule has 2 aromatic rings. The van der Waals surface area contributed by atoms with Crippen LogP contribution in [-0.4, -0.2) is 13.2 Å². The summed E-state index contributed by atoms with van der Waals surface area (Å²) in [6, 6.07) is 16.8. The summed E-state index contributed by atoms with van der Waals surface area (Å²) < 4.78 is 11.8. The maximum atomic E-state index is 5.93. The van der Waals surface area contributed by atoms with Gasteiger partial charge in [0, 0.05) is 9.79 Å². The lowest BCUT2D eigenvalue weighted by Gasteiger charge is -2.08. The molecule has 0 aliphatic heterocycles. The first-order valence-corrected chi connectivity index (χ1v) is 11.2. The van der Waals surface area contributed by atoms with Crippen LogP contribution >= 0.6 is 21.6 Å². The second kappa shape index (κ2) is 7.96. The molecule has 2 saturated carbocycles. The van der Waals surface area contributed by atoms with Crippen molar-refractivity contribution >= 4 is 21.6 Å². The normalized spacial score (nSPS) is 21.8. The highest BCUT2D eigenvalue weighted by atomic mass is 33.1. The summed E-state index contributed by atoms with van der Waals surface area (Å²) in [6.07, 6.45) is 3.95. The Bertz CT molecular complexity index is 715. The Hall–Kier alpha value is -1.26. The summed E-state index contributed by atoms with van der Waals surface area (Å²) in [6.45, 7) is 4.00. The number of hydrogen-bond donors (Lipinski definition) is 0. The van der Waals surface area contributed by atoms with Gasteiger partial charge in [-0.15, -0.1) is 0 Å². The van der Waals surface area contributed by atoms with Gasteiger partial charge >= 0.3 is 0 Å². The zero-order valence-electron chi connectivity index (χ0n) is 14.5. The molecule has 0 radical (unpaired) electrons. The first-order valence-electron chi connectivity index (χ1n) is 9.06. The molecule has 25 heavy (non-hydrogen) atoms. The van der Waals surface area contributed by atoms with Crippen molar-refractivity contribution in [2.45, 2.75) is 36.0 Å². The van der Waals surface area contributed by atoms with Gasteiger partial charge in [0.05, 0.1) is 13.2 Å². The van der Waals surface area contributed by atoms with Crippen LogP contribution < -0.4 is 9.47 Å². The summed E-state index contributed by atoms with van der Waals surface area (Å²) in [5.41, 5.74) is 0. The molecule has 2 aliphatic rings. The van der Waals surface area contributed by atoms with Gasteiger partial charge in [0.25, 0.3) is 0 Å². The van der Waals surface area contributed by atoms with E-state index in [-0.39, 0.29) is 0 Å². The van der Waals surface area contributed by atoms with E-state index in [2.05, 4.69) is 43.3 Å². The minimum Gasteiger partial charge on any atom is -0.493 e. The van der Waals surface area contributed by atoms with Gasteiger partial charge in [0.2, 0.25) is 0 Å². The molecule has 1 unspecified atom stereocenters. The lowest BCUT2D eigenvalue weighted by atomic mass is 10.3. The van der Waals surface area contributed by atoms with Gasteiger partial charge in [-0.2, -0.15) is 0 Å². The van der Waals surface area contributed by atoms with Gasteiger partial charge in [-0.05, 0) is 73.4 Å². The highest BCUT2D eigenvalue weighted by Crippen LogP contribution is 2.41. The molecule has 132 valence electrons. The molecule has 0 heterocycles. The number of rotatable bonds is 9. The second-order valence-electron chi connectivity index (χ2n) is 7.15. The maximum absolute atomic E-state index is 5.93. The van der Waals surface area contributed by atoms with Crippen molar-refractivity contribution in [2.75, 3.05) is 13.2 Å². The van der Waals surface area contributed by atoms with Gasteiger partial charge in [0.1, 0.15) is 11.5 Å². The third kappa shape index (κ3) is 5.35. The Morgan fingerprint density at radius 1 is 0.880 bits per heavy atom. The first kappa shape index (κ1) is 17.2. The van der Waals surface area contributed by atoms with Crippen LogP contribution in [0.15, 0.2) is 58.3 Å². The lowest BCUT2D eigenvalue weighted by Crippen LogP contribution is -2.00. The molecule has 2 aromatic carbocycles. The summed E-state index contributed by atoms with van der Waals surface area (Å²) >= 11 is 0. The Morgan fingerprint density at radius 3 is 1.96 bits per heavy atom. The van der Waals surface area contributed by atoms with Crippen molar-refractivity contribution in [1.29, 1.82) is 0 Å². The van der Waals surface area contributed by atoms with Crippen molar-refractivity contribution < 1.29 is 9.47 Å². The molecule has 4 rings (SSSR count). The average molecular weight is 373 g/mol. The van der Waals surface area contributed by atoms with Gasteiger partial charge in [0.15, 0.2) is 0 Å². The molecule has 2 fully saturated rings. The number of ether oxygens (including phenoxy) is 2. The standard InChI is InChI=1S/C21H24O2S2/c1-15-10-17(15)14-23-19-5-3-7-21(12-19)25-24-20-6-2-4-18(11-20)22-13-16-8-9-16/h2-7,11-12,15-17H,8-10,13-14H2,1H3/t15-,17?/m1/s1. The van der Waals surface area contributed by atoms with E-state index in [1.807, 2.05) is 12.1 Å². The molecular weight excluding hydrogens is 348 g/mol. The van der Waals surface area contributed by atoms with Crippen molar-refractivity contribution in [2.24, 2.45) is 17.8 Å². The van der Waals surface area contributed by atoms with Crippen LogP contribution in [0, 0.1) is 17.8 Å². The van der Waals surface area contributed by atoms with Crippen molar-refractivity contribution in [3.05, 3.63) is 48.5 Å². The van der Waals surface area contributed by atoms with E-state index in [1.54, 1.807) is 21.6 Å². The smallest absolute Gasteiger partial charge is 0.120 e. The summed E-state index contributed by atoms with van der Waals surface area (Å²) in [4.78, 5) is 2.44. The van der Waals surface area contributed by atoms with Crippen LogP contribution in [0.3, 0.4) is 0 Å². The molecule has 0 bridgehead atoms. The zero-order chi connectivity index (χ0) is 17.1. The summed E-state index contributed by atoms with van der Waals surface area (Å²) in [7, 11) is 3.53. The van der Waals surface area contributed by atoms with E-state index in [9.17, 15) is 0 Å². The Morgan fingerprint density at radius 2 is 1.44 bits per heavy atom. The average Bonchev–Trinajstić information content (AvgIpc) is 3.55. The number of hydrogen-bond acceptors (Lipinski definition) is 4. The van der Waals surface area contributed by atoms with E-state index in [1.165, 1.54) is 29.1 Å². The van der Waals surface area contributed by atoms with Crippen molar-refractivity contribution in [1.82, 2.24) is 0 Å². The van der Waals surface area contributed by atoms with E-state index >= 15 is 0 Å². The maximum Gasteiger partial charge on any atom is 0.120 e. The van der Waals surface area contributed by atoms with Crippen molar-refractivity contribution in [3.63, 3.8) is 0 Å². The summed E-state index contributed by atoms with van der Waals surface area (Å²) in [5, 5.41) is 0. The largest absolute Gasteiger partial charge is 0.493 e. The quantitative estimate of drug-likeness (QED) is 0.480. The molecule has 0 saturated heterocycles. The van der Waals surface area contributed by atoms with Crippen LogP contribution in [0.2, 0.25) is 0 Å². The zero-order valence-corrected chi connectivity index (χ0v) is 16.2. The Kier molecular flexibility index (Phi) is 5.47. The van der Waals surface area contributed by atoms with Crippen LogP contribution in [0.25, 0.3) is 0 Å². The molecule has 2 atom stereocenters. The fourth-order valence-electron chi connectivity index (χ4n) is 2.66.